The molecule has 0 radical (unpaired) electrons. The second-order valence-corrected chi connectivity index (χ2v) is 5.06. The summed E-state index contributed by atoms with van der Waals surface area (Å²) >= 11 is 0. The fourth-order valence-corrected chi connectivity index (χ4v) is 2.07. The smallest absolute Gasteiger partial charge is 0.269 e. The van der Waals surface area contributed by atoms with E-state index in [4.69, 9.17) is 0 Å². The van der Waals surface area contributed by atoms with E-state index >= 15 is 0 Å². The molecule has 0 spiro atoms. The second kappa shape index (κ2) is 5.08. The summed E-state index contributed by atoms with van der Waals surface area (Å²) in [6.07, 6.45) is 0. The van der Waals surface area contributed by atoms with Crippen LogP contribution in [0.5, 0.6) is 0 Å². The lowest BCUT2D eigenvalue weighted by atomic mass is 9.94. The highest BCUT2D eigenvalue weighted by Crippen LogP contribution is 2.27. The van der Waals surface area contributed by atoms with Gasteiger partial charge in [-0.25, -0.2) is 0 Å². The van der Waals surface area contributed by atoms with E-state index in [-0.39, 0.29) is 5.69 Å². The Morgan fingerprint density at radius 2 is 2.05 bits per heavy atom. The Bertz CT molecular complexity index is 492. The average molecular weight is 263 g/mol. The van der Waals surface area contributed by atoms with Gasteiger partial charge in [-0.15, -0.1) is 0 Å². The first-order valence-corrected chi connectivity index (χ1v) is 6.11. The van der Waals surface area contributed by atoms with Crippen molar-refractivity contribution in [3.05, 3.63) is 57.3 Å². The first-order chi connectivity index (χ1) is 8.89. The number of quaternary nitrogens is 1. The molecule has 1 N–H and O–H groups in total. The zero-order valence-corrected chi connectivity index (χ0v) is 10.8. The molecule has 0 atom stereocenters. The third kappa shape index (κ3) is 3.17. The molecule has 0 aliphatic carbocycles. The minimum Gasteiger partial charge on any atom is -0.611 e. The highest BCUT2D eigenvalue weighted by atomic mass is 16.6. The molecule has 0 saturated carbocycles. The van der Waals surface area contributed by atoms with Crippen LogP contribution < -0.4 is 5.43 Å². The zero-order valence-electron chi connectivity index (χ0n) is 10.8. The predicted octanol–water partition coefficient (Wildman–Crippen LogP) is 2.12. The van der Waals surface area contributed by atoms with E-state index in [9.17, 15) is 15.3 Å². The maximum absolute atomic E-state index is 12.1. The van der Waals surface area contributed by atoms with Crippen LogP contribution in [0.15, 0.2) is 36.4 Å². The van der Waals surface area contributed by atoms with Gasteiger partial charge in [-0.3, -0.25) is 14.9 Å². The van der Waals surface area contributed by atoms with Crippen molar-refractivity contribution in [1.29, 1.82) is 0 Å². The molecule has 1 aliphatic rings. The van der Waals surface area contributed by atoms with Crippen molar-refractivity contribution in [2.75, 3.05) is 13.1 Å². The molecule has 0 bridgehead atoms. The first-order valence-electron chi connectivity index (χ1n) is 6.11. The number of hydrogen-bond acceptors (Lipinski definition) is 4. The summed E-state index contributed by atoms with van der Waals surface area (Å²) in [6, 6.07) is 6.21. The van der Waals surface area contributed by atoms with E-state index in [0.717, 1.165) is 11.1 Å². The molecule has 19 heavy (non-hydrogen) atoms. The number of nitro groups is 1. The van der Waals surface area contributed by atoms with Gasteiger partial charge in [0.2, 0.25) is 0 Å². The van der Waals surface area contributed by atoms with Crippen LogP contribution in [0.2, 0.25) is 0 Å². The summed E-state index contributed by atoms with van der Waals surface area (Å²) in [5, 5.41) is 22.6. The van der Waals surface area contributed by atoms with Crippen LogP contribution in [0.1, 0.15) is 12.5 Å². The van der Waals surface area contributed by atoms with E-state index in [1.54, 1.807) is 12.1 Å². The van der Waals surface area contributed by atoms with Gasteiger partial charge in [0.1, 0.15) is 13.1 Å². The van der Waals surface area contributed by atoms with E-state index < -0.39 is 9.68 Å². The van der Waals surface area contributed by atoms with Crippen molar-refractivity contribution in [2.45, 2.75) is 13.5 Å². The van der Waals surface area contributed by atoms with Crippen LogP contribution in [0.25, 0.3) is 0 Å². The molecular weight excluding hydrogens is 246 g/mol. The van der Waals surface area contributed by atoms with Crippen molar-refractivity contribution in [3.63, 3.8) is 0 Å². The lowest BCUT2D eigenvalue weighted by Crippen LogP contribution is -2.66. The van der Waals surface area contributed by atoms with Crippen LogP contribution in [0, 0.1) is 21.2 Å². The predicted molar refractivity (Wildman–Crippen MR) is 71.6 cm³/mol. The van der Waals surface area contributed by atoms with E-state index in [2.05, 4.69) is 12.0 Å². The normalized spacial score (nSPS) is 25.7. The molecule has 2 rings (SSSR count). The number of nitro benzene ring substituents is 1. The number of hydroxylamine groups is 2. The number of hydrogen-bond donors (Lipinski definition) is 1. The van der Waals surface area contributed by atoms with Crippen LogP contribution in [-0.2, 0) is 6.54 Å². The second-order valence-electron chi connectivity index (χ2n) is 5.06. The third-order valence-corrected chi connectivity index (χ3v) is 3.45. The summed E-state index contributed by atoms with van der Waals surface area (Å²) in [5.74, 6) is 0.293. The summed E-state index contributed by atoms with van der Waals surface area (Å²) in [7, 11) is 0. The molecular formula is C13H17N3O3. The van der Waals surface area contributed by atoms with Crippen LogP contribution >= 0.6 is 0 Å². The first kappa shape index (κ1) is 13.7. The Hall–Kier alpha value is -1.76. The molecule has 0 amide bonds. The number of benzene rings is 1. The van der Waals surface area contributed by atoms with Crippen molar-refractivity contribution < 1.29 is 9.68 Å². The molecule has 102 valence electrons. The minimum absolute atomic E-state index is 0.0565. The van der Waals surface area contributed by atoms with Gasteiger partial charge < -0.3 is 5.21 Å². The molecule has 1 heterocycles. The van der Waals surface area contributed by atoms with Gasteiger partial charge in [-0.2, -0.15) is 5.43 Å². The highest BCUT2D eigenvalue weighted by molar-refractivity contribution is 5.32. The molecule has 1 aromatic carbocycles. The topological polar surface area (TPSA) is 78.2 Å². The van der Waals surface area contributed by atoms with Gasteiger partial charge in [0, 0.05) is 12.1 Å². The van der Waals surface area contributed by atoms with Gasteiger partial charge in [-0.05, 0) is 12.5 Å². The summed E-state index contributed by atoms with van der Waals surface area (Å²) in [5.41, 5.74) is 4.88. The number of nitrogens with zero attached hydrogens (tertiary/aromatic N) is 2. The molecule has 1 saturated heterocycles. The fraction of sp³-hybridized carbons (Fsp3) is 0.385. The molecule has 1 aromatic rings. The molecule has 6 nitrogen and oxygen atoms in total. The van der Waals surface area contributed by atoms with Crippen LogP contribution in [0.3, 0.4) is 0 Å². The number of non-ortho nitro benzene ring substituents is 1. The fourth-order valence-electron chi connectivity index (χ4n) is 2.07. The van der Waals surface area contributed by atoms with Crippen LogP contribution in [0.4, 0.5) is 5.69 Å². The zero-order chi connectivity index (χ0) is 14.0. The van der Waals surface area contributed by atoms with Crippen molar-refractivity contribution >= 4 is 5.69 Å². The van der Waals surface area contributed by atoms with Gasteiger partial charge in [-0.1, -0.05) is 24.3 Å². The monoisotopic (exact) mass is 263 g/mol. The number of rotatable bonds is 5. The number of nitrogens with one attached hydrogen (secondary N) is 1. The Labute approximate surface area is 111 Å². The van der Waals surface area contributed by atoms with Gasteiger partial charge >= 0.3 is 0 Å². The van der Waals surface area contributed by atoms with E-state index in [1.807, 2.05) is 6.92 Å². The molecule has 6 heteroatoms. The van der Waals surface area contributed by atoms with Gasteiger partial charge in [0.05, 0.1) is 17.4 Å². The molecule has 0 aromatic heterocycles. The molecule has 1 fully saturated rings. The summed E-state index contributed by atoms with van der Waals surface area (Å²) in [4.78, 5) is 10.1. The standard InChI is InChI=1S/C13H17N3O3/c1-10(2)12-8-16(19,9-12)14-7-11-3-5-13(6-4-11)15(17)18/h3-6,12,14H,1,7-9H2,2H3. The Morgan fingerprint density at radius 1 is 1.47 bits per heavy atom. The largest absolute Gasteiger partial charge is 0.611 e. The van der Waals surface area contributed by atoms with E-state index in [1.165, 1.54) is 12.1 Å². The Kier molecular flexibility index (Phi) is 3.66. The van der Waals surface area contributed by atoms with E-state index in [0.29, 0.717) is 25.6 Å². The van der Waals surface area contributed by atoms with Gasteiger partial charge in [0.25, 0.3) is 5.69 Å². The SMILES string of the molecule is C=C(C)C1C[N+]([O-])(NCc2ccc([N+](=O)[O-])cc2)C1. The van der Waals surface area contributed by atoms with Crippen molar-refractivity contribution in [1.82, 2.24) is 5.43 Å². The molecule has 0 unspecified atom stereocenters. The van der Waals surface area contributed by atoms with Crippen LogP contribution in [-0.4, -0.2) is 22.8 Å². The lowest BCUT2D eigenvalue weighted by Gasteiger charge is -2.53. The maximum atomic E-state index is 12.1. The minimum atomic E-state index is -0.439. The Balaban J connectivity index is 1.86. The lowest BCUT2D eigenvalue weighted by molar-refractivity contribution is -0.969. The Morgan fingerprint density at radius 3 is 2.53 bits per heavy atom. The average Bonchev–Trinajstić information content (AvgIpc) is 2.33. The maximum Gasteiger partial charge on any atom is 0.269 e. The highest BCUT2D eigenvalue weighted by Gasteiger charge is 2.38. The molecule has 1 aliphatic heterocycles. The summed E-state index contributed by atoms with van der Waals surface area (Å²) in [6.45, 7) is 7.19. The van der Waals surface area contributed by atoms with Gasteiger partial charge in [0.15, 0.2) is 0 Å². The quantitative estimate of drug-likeness (QED) is 0.290. The summed E-state index contributed by atoms with van der Waals surface area (Å²) < 4.78 is -0.422. The van der Waals surface area contributed by atoms with Crippen molar-refractivity contribution in [2.24, 2.45) is 5.92 Å². The third-order valence-electron chi connectivity index (χ3n) is 3.45. The van der Waals surface area contributed by atoms with Crippen molar-refractivity contribution in [3.8, 4) is 0 Å².